The molecule has 0 aromatic rings. The van der Waals surface area contributed by atoms with E-state index in [1.807, 2.05) is 0 Å². The molecule has 0 amide bonds. The van der Waals surface area contributed by atoms with E-state index in [4.69, 9.17) is 5.73 Å². The smallest absolute Gasteiger partial charge is 0.322 e. The van der Waals surface area contributed by atoms with Gasteiger partial charge in [0.2, 0.25) is 0 Å². The first kappa shape index (κ1) is 9.49. The Kier molecular flexibility index (Phi) is 2.15. The second-order valence-corrected chi connectivity index (χ2v) is 2.70. The van der Waals surface area contributed by atoms with Crippen LogP contribution in [0.25, 0.3) is 0 Å². The van der Waals surface area contributed by atoms with E-state index in [1.54, 1.807) is 0 Å². The lowest BCUT2D eigenvalue weighted by molar-refractivity contribution is -0.0986. The summed E-state index contributed by atoms with van der Waals surface area (Å²) in [5, 5.41) is 0. The molecule has 1 nitrogen and oxygen atoms in total. The van der Waals surface area contributed by atoms with Gasteiger partial charge in [0.25, 0.3) is 0 Å². The minimum atomic E-state index is -4.38. The van der Waals surface area contributed by atoms with Crippen molar-refractivity contribution in [2.75, 3.05) is 0 Å². The SMILES string of the molecule is C=C(C(C)(C)N)C(F)(F)F. The fourth-order valence-corrected chi connectivity index (χ4v) is 0.365. The minimum absolute atomic E-state index is 0.903. The highest BCUT2D eigenvalue weighted by molar-refractivity contribution is 5.16. The highest BCUT2D eigenvalue weighted by atomic mass is 19.4. The van der Waals surface area contributed by atoms with Crippen LogP contribution in [0.15, 0.2) is 12.2 Å². The van der Waals surface area contributed by atoms with Crippen molar-refractivity contribution in [3.63, 3.8) is 0 Å². The zero-order chi connectivity index (χ0) is 8.58. The maximum atomic E-state index is 11.8. The van der Waals surface area contributed by atoms with Crippen LogP contribution < -0.4 is 5.73 Å². The van der Waals surface area contributed by atoms with Crippen molar-refractivity contribution >= 4 is 0 Å². The molecule has 0 saturated carbocycles. The van der Waals surface area contributed by atoms with Gasteiger partial charge in [0.1, 0.15) is 0 Å². The third-order valence-electron chi connectivity index (χ3n) is 1.12. The van der Waals surface area contributed by atoms with E-state index in [1.165, 1.54) is 13.8 Å². The summed E-state index contributed by atoms with van der Waals surface area (Å²) in [5.41, 5.74) is 2.87. The quantitative estimate of drug-likeness (QED) is 0.571. The summed E-state index contributed by atoms with van der Waals surface area (Å²) in [6.07, 6.45) is -4.38. The van der Waals surface area contributed by atoms with Crippen molar-refractivity contribution in [1.29, 1.82) is 0 Å². The van der Waals surface area contributed by atoms with Crippen molar-refractivity contribution in [2.45, 2.75) is 25.6 Å². The predicted molar refractivity (Wildman–Crippen MR) is 33.5 cm³/mol. The van der Waals surface area contributed by atoms with Gasteiger partial charge in [-0.25, -0.2) is 0 Å². The molecule has 0 aliphatic heterocycles. The van der Waals surface area contributed by atoms with E-state index in [2.05, 4.69) is 6.58 Å². The Morgan fingerprint density at radius 1 is 1.30 bits per heavy atom. The summed E-state index contributed by atoms with van der Waals surface area (Å²) in [7, 11) is 0. The van der Waals surface area contributed by atoms with E-state index in [-0.39, 0.29) is 0 Å². The molecule has 60 valence electrons. The van der Waals surface area contributed by atoms with Crippen LogP contribution in [0.2, 0.25) is 0 Å². The fraction of sp³-hybridized carbons (Fsp3) is 0.667. The van der Waals surface area contributed by atoms with Crippen molar-refractivity contribution in [1.82, 2.24) is 0 Å². The second-order valence-electron chi connectivity index (χ2n) is 2.70. The summed E-state index contributed by atoms with van der Waals surface area (Å²) in [6, 6.07) is 0. The van der Waals surface area contributed by atoms with Crippen LogP contribution in [0.1, 0.15) is 13.8 Å². The first-order chi connectivity index (χ1) is 4.15. The van der Waals surface area contributed by atoms with Gasteiger partial charge in [0.05, 0.1) is 0 Å². The van der Waals surface area contributed by atoms with Gasteiger partial charge in [-0.15, -0.1) is 0 Å². The second kappa shape index (κ2) is 2.27. The number of halogens is 3. The van der Waals surface area contributed by atoms with Gasteiger partial charge in [-0.05, 0) is 13.8 Å². The average molecular weight is 153 g/mol. The molecule has 0 heterocycles. The molecule has 0 spiro atoms. The highest BCUT2D eigenvalue weighted by Gasteiger charge is 2.39. The predicted octanol–water partition coefficient (Wildman–Crippen LogP) is 1.84. The number of nitrogens with two attached hydrogens (primary N) is 1. The van der Waals surface area contributed by atoms with Gasteiger partial charge in [0, 0.05) is 11.1 Å². The molecule has 0 rings (SSSR count). The molecule has 0 atom stereocenters. The Bertz CT molecular complexity index is 124. The van der Waals surface area contributed by atoms with Gasteiger partial charge >= 0.3 is 6.18 Å². The van der Waals surface area contributed by atoms with Crippen LogP contribution in [-0.4, -0.2) is 11.7 Å². The molecule has 2 N–H and O–H groups in total. The lowest BCUT2D eigenvalue weighted by Crippen LogP contribution is -2.40. The van der Waals surface area contributed by atoms with Crippen LogP contribution in [0, 0.1) is 0 Å². The summed E-state index contributed by atoms with van der Waals surface area (Å²) >= 11 is 0. The largest absolute Gasteiger partial charge is 0.413 e. The van der Waals surface area contributed by atoms with Gasteiger partial charge in [0.15, 0.2) is 0 Å². The Morgan fingerprint density at radius 3 is 1.60 bits per heavy atom. The molecule has 0 bridgehead atoms. The maximum absolute atomic E-state index is 11.8. The molecule has 0 aliphatic rings. The minimum Gasteiger partial charge on any atom is -0.322 e. The summed E-state index contributed by atoms with van der Waals surface area (Å²) < 4.78 is 35.3. The number of alkyl halides is 3. The molecule has 0 aromatic carbocycles. The van der Waals surface area contributed by atoms with E-state index >= 15 is 0 Å². The lowest BCUT2D eigenvalue weighted by Gasteiger charge is -2.23. The summed E-state index contributed by atoms with van der Waals surface area (Å²) in [5.74, 6) is 0. The van der Waals surface area contributed by atoms with Crippen LogP contribution in [0.5, 0.6) is 0 Å². The van der Waals surface area contributed by atoms with Crippen molar-refractivity contribution < 1.29 is 13.2 Å². The normalized spacial score (nSPS) is 13.4. The Labute approximate surface area is 57.7 Å². The first-order valence-corrected chi connectivity index (χ1v) is 2.71. The van der Waals surface area contributed by atoms with Crippen LogP contribution >= 0.6 is 0 Å². The van der Waals surface area contributed by atoms with E-state index in [9.17, 15) is 13.2 Å². The lowest BCUT2D eigenvalue weighted by atomic mass is 9.97. The molecule has 0 radical (unpaired) electrons. The van der Waals surface area contributed by atoms with Crippen molar-refractivity contribution in [2.24, 2.45) is 5.73 Å². The standard InChI is InChI=1S/C6H10F3N/c1-4(5(2,3)10)6(7,8)9/h1,10H2,2-3H3. The Balaban J connectivity index is 4.40. The molecule has 0 saturated heterocycles. The van der Waals surface area contributed by atoms with Crippen LogP contribution in [0.4, 0.5) is 13.2 Å². The van der Waals surface area contributed by atoms with Crippen molar-refractivity contribution in [3.8, 4) is 0 Å². The molecule has 10 heavy (non-hydrogen) atoms. The Morgan fingerprint density at radius 2 is 1.60 bits per heavy atom. The topological polar surface area (TPSA) is 26.0 Å². The molecule has 0 unspecified atom stereocenters. The third-order valence-corrected chi connectivity index (χ3v) is 1.12. The van der Waals surface area contributed by atoms with Gasteiger partial charge in [-0.2, -0.15) is 13.2 Å². The average Bonchev–Trinajstić information content (AvgIpc) is 1.59. The van der Waals surface area contributed by atoms with Gasteiger partial charge in [-0.3, -0.25) is 0 Å². The first-order valence-electron chi connectivity index (χ1n) is 2.71. The van der Waals surface area contributed by atoms with Gasteiger partial charge in [-0.1, -0.05) is 6.58 Å². The van der Waals surface area contributed by atoms with E-state index in [0.717, 1.165) is 0 Å². The zero-order valence-electron chi connectivity index (χ0n) is 5.92. The third kappa shape index (κ3) is 2.39. The Hall–Kier alpha value is -0.510. The summed E-state index contributed by atoms with van der Waals surface area (Å²) in [6.45, 7) is 5.38. The monoisotopic (exact) mass is 153 g/mol. The molecule has 0 fully saturated rings. The number of hydrogen-bond donors (Lipinski definition) is 1. The summed E-state index contributed by atoms with van der Waals surface area (Å²) in [4.78, 5) is 0. The van der Waals surface area contributed by atoms with Crippen molar-refractivity contribution in [3.05, 3.63) is 12.2 Å². The number of rotatable bonds is 1. The van der Waals surface area contributed by atoms with E-state index in [0.29, 0.717) is 0 Å². The number of hydrogen-bond acceptors (Lipinski definition) is 1. The van der Waals surface area contributed by atoms with Crippen LogP contribution in [0.3, 0.4) is 0 Å². The highest BCUT2D eigenvalue weighted by Crippen LogP contribution is 2.30. The fourth-order valence-electron chi connectivity index (χ4n) is 0.365. The zero-order valence-corrected chi connectivity index (χ0v) is 5.92. The van der Waals surface area contributed by atoms with Gasteiger partial charge < -0.3 is 5.73 Å². The molecule has 4 heteroatoms. The molecule has 0 aromatic heterocycles. The maximum Gasteiger partial charge on any atom is 0.413 e. The molecular formula is C6H10F3N. The molecule has 0 aliphatic carbocycles. The van der Waals surface area contributed by atoms with E-state index < -0.39 is 17.3 Å². The molecular weight excluding hydrogens is 143 g/mol. The van der Waals surface area contributed by atoms with Crippen LogP contribution in [-0.2, 0) is 0 Å².